The maximum Gasteiger partial charge on any atom is 0.146 e. The third kappa shape index (κ3) is 1.80. The summed E-state index contributed by atoms with van der Waals surface area (Å²) in [6, 6.07) is 11.7. The van der Waals surface area contributed by atoms with E-state index in [0.29, 0.717) is 0 Å². The molecule has 2 heterocycles. The maximum absolute atomic E-state index is 11.0. The lowest BCUT2D eigenvalue weighted by molar-refractivity contribution is -0.109. The van der Waals surface area contributed by atoms with Crippen LogP contribution in [0.1, 0.15) is 17.3 Å². The number of hydrogen-bond donors (Lipinski definition) is 1. The van der Waals surface area contributed by atoms with E-state index in [0.717, 1.165) is 28.7 Å². The fourth-order valence-corrected chi connectivity index (χ4v) is 2.10. The zero-order chi connectivity index (χ0) is 12.4. The molecule has 1 atom stereocenters. The van der Waals surface area contributed by atoms with Gasteiger partial charge in [-0.3, -0.25) is 4.98 Å². The summed E-state index contributed by atoms with van der Waals surface area (Å²) in [4.78, 5) is 15.5. The number of fused-ring (bicyclic) bond motifs is 1. The molecule has 0 radical (unpaired) electrons. The van der Waals surface area contributed by atoms with Gasteiger partial charge in [-0.05, 0) is 23.9 Å². The molecule has 0 saturated carbocycles. The number of hydrogen-bond acceptors (Lipinski definition) is 3. The normalized spacial score (nSPS) is 16.8. The first-order chi connectivity index (χ1) is 8.88. The summed E-state index contributed by atoms with van der Waals surface area (Å²) in [6.45, 7) is 0. The van der Waals surface area contributed by atoms with E-state index in [1.54, 1.807) is 6.20 Å². The molecule has 0 bridgehead atoms. The van der Waals surface area contributed by atoms with Gasteiger partial charge < -0.3 is 10.1 Å². The number of aldehydes is 1. The van der Waals surface area contributed by atoms with Crippen LogP contribution in [0.2, 0.25) is 0 Å². The Morgan fingerprint density at radius 1 is 1.17 bits per heavy atom. The molecule has 0 fully saturated rings. The fraction of sp³-hybridized carbons (Fsp3) is 0.0667. The number of pyridine rings is 1. The molecule has 3 heteroatoms. The van der Waals surface area contributed by atoms with Crippen molar-refractivity contribution in [1.82, 2.24) is 10.3 Å². The van der Waals surface area contributed by atoms with Crippen molar-refractivity contribution in [1.29, 1.82) is 0 Å². The lowest BCUT2D eigenvalue weighted by Crippen LogP contribution is -2.21. The minimum atomic E-state index is -0.304. The molecule has 1 unspecified atom stereocenters. The van der Waals surface area contributed by atoms with Crippen LogP contribution in [0.15, 0.2) is 48.8 Å². The Hall–Kier alpha value is -2.42. The number of nitrogens with one attached hydrogen (secondary N) is 1. The summed E-state index contributed by atoms with van der Waals surface area (Å²) >= 11 is 0. The molecule has 0 aliphatic carbocycles. The first-order valence-electron chi connectivity index (χ1n) is 5.82. The summed E-state index contributed by atoms with van der Waals surface area (Å²) < 4.78 is 0. The van der Waals surface area contributed by atoms with E-state index in [2.05, 4.69) is 10.3 Å². The maximum atomic E-state index is 11.0. The molecule has 1 aromatic carbocycles. The van der Waals surface area contributed by atoms with E-state index in [4.69, 9.17) is 0 Å². The van der Waals surface area contributed by atoms with Crippen LogP contribution in [0.25, 0.3) is 17.2 Å². The summed E-state index contributed by atoms with van der Waals surface area (Å²) in [7, 11) is 0. The molecule has 3 rings (SSSR count). The Bertz CT molecular complexity index is 605. The number of aromatic nitrogens is 1. The van der Waals surface area contributed by atoms with E-state index >= 15 is 0 Å². The number of carbonyl (C=O) groups excluding carboxylic acids is 1. The topological polar surface area (TPSA) is 42.0 Å². The summed E-state index contributed by atoms with van der Waals surface area (Å²) in [6.07, 6.45) is 6.38. The minimum absolute atomic E-state index is 0.304. The molecule has 1 N–H and O–H groups in total. The van der Waals surface area contributed by atoms with Gasteiger partial charge in [0.1, 0.15) is 12.3 Å². The molecular formula is C15H12N2O. The van der Waals surface area contributed by atoms with Crippen LogP contribution in [0.5, 0.6) is 0 Å². The summed E-state index contributed by atoms with van der Waals surface area (Å²) in [5.74, 6) is 0. The molecule has 88 valence electrons. The number of carbonyl (C=O) groups is 1. The Kier molecular flexibility index (Phi) is 2.65. The van der Waals surface area contributed by atoms with E-state index < -0.39 is 0 Å². The third-order valence-electron chi connectivity index (χ3n) is 3.04. The molecule has 18 heavy (non-hydrogen) atoms. The predicted molar refractivity (Wildman–Crippen MR) is 70.6 cm³/mol. The van der Waals surface area contributed by atoms with Crippen LogP contribution >= 0.6 is 0 Å². The first-order valence-corrected chi connectivity index (χ1v) is 5.82. The van der Waals surface area contributed by atoms with Gasteiger partial charge >= 0.3 is 0 Å². The van der Waals surface area contributed by atoms with E-state index in [1.807, 2.05) is 48.7 Å². The van der Waals surface area contributed by atoms with Crippen molar-refractivity contribution in [3.8, 4) is 11.1 Å². The van der Waals surface area contributed by atoms with Crippen molar-refractivity contribution in [3.63, 3.8) is 0 Å². The van der Waals surface area contributed by atoms with Crippen molar-refractivity contribution < 1.29 is 4.79 Å². The number of nitrogens with zero attached hydrogens (tertiary/aromatic N) is 1. The summed E-state index contributed by atoms with van der Waals surface area (Å²) in [5, 5.41) is 3.02. The molecule has 0 amide bonds. The van der Waals surface area contributed by atoms with Gasteiger partial charge in [0.2, 0.25) is 0 Å². The second kappa shape index (κ2) is 4.45. The molecule has 0 spiro atoms. The van der Waals surface area contributed by atoms with Crippen LogP contribution < -0.4 is 5.32 Å². The average Bonchev–Trinajstić information content (AvgIpc) is 2.47. The molecule has 1 aliphatic heterocycles. The van der Waals surface area contributed by atoms with Crippen LogP contribution in [0, 0.1) is 0 Å². The van der Waals surface area contributed by atoms with E-state index in [9.17, 15) is 4.79 Å². The van der Waals surface area contributed by atoms with Gasteiger partial charge in [0, 0.05) is 17.3 Å². The molecular weight excluding hydrogens is 224 g/mol. The fourth-order valence-electron chi connectivity index (χ4n) is 2.10. The Labute approximate surface area is 105 Å². The van der Waals surface area contributed by atoms with Crippen LogP contribution in [-0.2, 0) is 4.79 Å². The Morgan fingerprint density at radius 2 is 2.00 bits per heavy atom. The molecule has 1 aliphatic rings. The van der Waals surface area contributed by atoms with Crippen molar-refractivity contribution in [2.75, 3.05) is 0 Å². The van der Waals surface area contributed by atoms with Crippen molar-refractivity contribution >= 4 is 12.4 Å². The van der Waals surface area contributed by atoms with Gasteiger partial charge in [-0.25, -0.2) is 0 Å². The van der Waals surface area contributed by atoms with Gasteiger partial charge in [-0.15, -0.1) is 0 Å². The molecule has 3 nitrogen and oxygen atoms in total. The Morgan fingerprint density at radius 3 is 2.78 bits per heavy atom. The minimum Gasteiger partial charge on any atom is -0.378 e. The van der Waals surface area contributed by atoms with Crippen LogP contribution in [-0.4, -0.2) is 11.3 Å². The van der Waals surface area contributed by atoms with E-state index in [-0.39, 0.29) is 6.04 Å². The second-order valence-electron chi connectivity index (χ2n) is 4.18. The quantitative estimate of drug-likeness (QED) is 0.815. The molecule has 2 aromatic rings. The zero-order valence-corrected chi connectivity index (χ0v) is 9.71. The highest BCUT2D eigenvalue weighted by Crippen LogP contribution is 2.26. The van der Waals surface area contributed by atoms with Gasteiger partial charge in [-0.2, -0.15) is 0 Å². The third-order valence-corrected chi connectivity index (χ3v) is 3.04. The SMILES string of the molecule is O=CC1NC=Cc2ncc(-c3ccccc3)cc21. The van der Waals surface area contributed by atoms with Crippen molar-refractivity contribution in [3.05, 3.63) is 60.1 Å². The first kappa shape index (κ1) is 10.7. The standard InChI is InChI=1S/C15H12N2O/c18-10-15-13-8-12(11-4-2-1-3-5-11)9-17-14(13)6-7-16-15/h1-10,15-16H. The van der Waals surface area contributed by atoms with Crippen LogP contribution in [0.4, 0.5) is 0 Å². The monoisotopic (exact) mass is 236 g/mol. The lowest BCUT2D eigenvalue weighted by atomic mass is 9.98. The highest BCUT2D eigenvalue weighted by molar-refractivity contribution is 5.72. The van der Waals surface area contributed by atoms with Crippen LogP contribution in [0.3, 0.4) is 0 Å². The lowest BCUT2D eigenvalue weighted by Gasteiger charge is -2.18. The average molecular weight is 236 g/mol. The number of benzene rings is 1. The molecule has 0 saturated heterocycles. The number of rotatable bonds is 2. The van der Waals surface area contributed by atoms with Crippen molar-refractivity contribution in [2.45, 2.75) is 6.04 Å². The van der Waals surface area contributed by atoms with Gasteiger partial charge in [0.15, 0.2) is 0 Å². The predicted octanol–water partition coefficient (Wildman–Crippen LogP) is 2.56. The smallest absolute Gasteiger partial charge is 0.146 e. The van der Waals surface area contributed by atoms with Gasteiger partial charge in [0.05, 0.1) is 5.69 Å². The zero-order valence-electron chi connectivity index (χ0n) is 9.71. The van der Waals surface area contributed by atoms with Crippen molar-refractivity contribution in [2.24, 2.45) is 0 Å². The Balaban J connectivity index is 2.10. The van der Waals surface area contributed by atoms with E-state index in [1.165, 1.54) is 0 Å². The highest BCUT2D eigenvalue weighted by Gasteiger charge is 2.17. The summed E-state index contributed by atoms with van der Waals surface area (Å²) in [5.41, 5.74) is 3.91. The second-order valence-corrected chi connectivity index (χ2v) is 4.18. The van der Waals surface area contributed by atoms with Gasteiger partial charge in [0.25, 0.3) is 0 Å². The largest absolute Gasteiger partial charge is 0.378 e. The molecule has 1 aromatic heterocycles. The highest BCUT2D eigenvalue weighted by atomic mass is 16.1. The van der Waals surface area contributed by atoms with Gasteiger partial charge in [-0.1, -0.05) is 30.3 Å².